The highest BCUT2D eigenvalue weighted by atomic mass is 31.1. The van der Waals surface area contributed by atoms with Crippen LogP contribution < -0.4 is 10.6 Å². The van der Waals surface area contributed by atoms with Gasteiger partial charge in [-0.25, -0.2) is 0 Å². The molecule has 0 bridgehead atoms. The van der Waals surface area contributed by atoms with Crippen LogP contribution in [0.25, 0.3) is 11.1 Å². The van der Waals surface area contributed by atoms with Gasteiger partial charge in [-0.15, -0.1) is 0 Å². The molecule has 3 rings (SSSR count). The summed E-state index contributed by atoms with van der Waals surface area (Å²) in [4.78, 5) is 0. The summed E-state index contributed by atoms with van der Waals surface area (Å²) in [5, 5.41) is 15.3. The molecule has 26 heavy (non-hydrogen) atoms. The number of hydrogen-bond acceptors (Lipinski definition) is 2. The van der Waals surface area contributed by atoms with Gasteiger partial charge in [0.05, 0.1) is 6.10 Å². The van der Waals surface area contributed by atoms with Crippen LogP contribution in [0.4, 0.5) is 0 Å². The first-order valence-corrected chi connectivity index (χ1v) is 10.2. The second kappa shape index (κ2) is 9.09. The van der Waals surface area contributed by atoms with E-state index in [1.165, 1.54) is 22.0 Å². The van der Waals surface area contributed by atoms with Crippen LogP contribution in [0, 0.1) is 6.92 Å². The van der Waals surface area contributed by atoms with Gasteiger partial charge in [0.25, 0.3) is 0 Å². The molecule has 0 aliphatic carbocycles. The molecule has 0 saturated heterocycles. The third kappa shape index (κ3) is 4.80. The topological polar surface area (TPSA) is 32.3 Å². The highest BCUT2D eigenvalue weighted by Gasteiger charge is 2.15. The number of aliphatic hydroxyl groups is 1. The van der Waals surface area contributed by atoms with Crippen molar-refractivity contribution in [1.82, 2.24) is 5.32 Å². The van der Waals surface area contributed by atoms with Gasteiger partial charge in [0.2, 0.25) is 0 Å². The lowest BCUT2D eigenvalue weighted by molar-refractivity contribution is 0.139. The van der Waals surface area contributed by atoms with E-state index in [9.17, 15) is 5.11 Å². The largest absolute Gasteiger partial charge is 0.387 e. The van der Waals surface area contributed by atoms with Gasteiger partial charge in [0.1, 0.15) is 0 Å². The van der Waals surface area contributed by atoms with Crippen LogP contribution in [0.3, 0.4) is 0 Å². The average Bonchev–Trinajstić information content (AvgIpc) is 2.69. The monoisotopic (exact) mass is 363 g/mol. The summed E-state index contributed by atoms with van der Waals surface area (Å²) in [6.45, 7) is 4.15. The number of aliphatic hydroxyl groups excluding tert-OH is 1. The molecule has 0 saturated carbocycles. The maximum atomic E-state index is 10.5. The molecule has 0 radical (unpaired) electrons. The van der Waals surface area contributed by atoms with Gasteiger partial charge >= 0.3 is 0 Å². The van der Waals surface area contributed by atoms with E-state index in [1.807, 2.05) is 37.3 Å². The lowest BCUT2D eigenvalue weighted by atomic mass is 10.0. The van der Waals surface area contributed by atoms with Gasteiger partial charge < -0.3 is 10.4 Å². The van der Waals surface area contributed by atoms with Gasteiger partial charge in [-0.2, -0.15) is 0 Å². The molecule has 3 atom stereocenters. The molecule has 0 aromatic heterocycles. The van der Waals surface area contributed by atoms with Crippen LogP contribution in [0.1, 0.15) is 24.2 Å². The molecular weight excluding hydrogens is 337 g/mol. The van der Waals surface area contributed by atoms with E-state index in [0.29, 0.717) is 8.58 Å². The van der Waals surface area contributed by atoms with Crippen molar-refractivity contribution in [2.45, 2.75) is 26.0 Å². The Hall–Kier alpha value is -1.99. The molecule has 0 fully saturated rings. The van der Waals surface area contributed by atoms with Crippen molar-refractivity contribution in [2.24, 2.45) is 0 Å². The molecule has 2 unspecified atom stereocenters. The van der Waals surface area contributed by atoms with Gasteiger partial charge in [0.15, 0.2) is 0 Å². The summed E-state index contributed by atoms with van der Waals surface area (Å²) in [5.74, 6) is 0. The quantitative estimate of drug-likeness (QED) is 0.600. The van der Waals surface area contributed by atoms with Crippen LogP contribution in [0.15, 0.2) is 78.9 Å². The SMILES string of the molecule is Cc1ccc(-c2ccccc2PCN[C@@H](C)C(O)c2ccccc2)cc1. The van der Waals surface area contributed by atoms with Crippen LogP contribution >= 0.6 is 8.58 Å². The molecule has 0 aliphatic rings. The Morgan fingerprint density at radius 1 is 0.885 bits per heavy atom. The molecule has 134 valence electrons. The average molecular weight is 363 g/mol. The molecular formula is C23H26NOP. The van der Waals surface area contributed by atoms with Gasteiger partial charge in [-0.1, -0.05) is 93.0 Å². The predicted molar refractivity (Wildman–Crippen MR) is 113 cm³/mol. The van der Waals surface area contributed by atoms with Crippen molar-refractivity contribution >= 4 is 13.9 Å². The summed E-state index contributed by atoms with van der Waals surface area (Å²) in [6.07, 6.45) is 0.363. The fourth-order valence-corrected chi connectivity index (χ4v) is 4.23. The van der Waals surface area contributed by atoms with Crippen LogP contribution in [0.2, 0.25) is 0 Å². The maximum Gasteiger partial charge on any atom is 0.0940 e. The van der Waals surface area contributed by atoms with E-state index >= 15 is 0 Å². The summed E-state index contributed by atoms with van der Waals surface area (Å²) in [5.41, 5.74) is 4.79. The first kappa shape index (κ1) is 18.8. The molecule has 2 nitrogen and oxygen atoms in total. The van der Waals surface area contributed by atoms with Crippen LogP contribution in [-0.4, -0.2) is 17.4 Å². The molecule has 2 N–H and O–H groups in total. The Morgan fingerprint density at radius 3 is 2.27 bits per heavy atom. The zero-order valence-electron chi connectivity index (χ0n) is 15.3. The molecule has 3 aromatic rings. The number of benzene rings is 3. The van der Waals surface area contributed by atoms with Crippen molar-refractivity contribution in [3.05, 3.63) is 90.0 Å². The minimum absolute atomic E-state index is 0.0106. The normalized spacial score (nSPS) is 13.8. The first-order valence-electron chi connectivity index (χ1n) is 9.01. The van der Waals surface area contributed by atoms with E-state index in [1.54, 1.807) is 0 Å². The number of hydrogen-bond donors (Lipinski definition) is 2. The number of rotatable bonds is 7. The summed E-state index contributed by atoms with van der Waals surface area (Å²) < 4.78 is 0. The maximum absolute atomic E-state index is 10.5. The number of aryl methyl sites for hydroxylation is 1. The molecule has 0 aliphatic heterocycles. The van der Waals surface area contributed by atoms with Gasteiger partial charge in [-0.05, 0) is 35.8 Å². The second-order valence-corrected chi connectivity index (χ2v) is 7.86. The number of nitrogens with one attached hydrogen (secondary N) is 1. The lowest BCUT2D eigenvalue weighted by Gasteiger charge is -2.21. The summed E-state index contributed by atoms with van der Waals surface area (Å²) >= 11 is 0. The fraction of sp³-hybridized carbons (Fsp3) is 0.217. The minimum Gasteiger partial charge on any atom is -0.387 e. The Labute approximate surface area is 158 Å². The third-order valence-electron chi connectivity index (χ3n) is 4.61. The van der Waals surface area contributed by atoms with Crippen molar-refractivity contribution < 1.29 is 5.11 Å². The van der Waals surface area contributed by atoms with Crippen LogP contribution in [-0.2, 0) is 0 Å². The zero-order valence-corrected chi connectivity index (χ0v) is 16.3. The van der Waals surface area contributed by atoms with E-state index in [-0.39, 0.29) is 6.04 Å². The van der Waals surface area contributed by atoms with E-state index in [2.05, 4.69) is 60.8 Å². The Morgan fingerprint density at radius 2 is 1.54 bits per heavy atom. The third-order valence-corrected chi connectivity index (χ3v) is 5.81. The van der Waals surface area contributed by atoms with E-state index in [0.717, 1.165) is 11.8 Å². The highest BCUT2D eigenvalue weighted by Crippen LogP contribution is 2.24. The molecule has 0 amide bonds. The Bertz CT molecular complexity index is 817. The van der Waals surface area contributed by atoms with Gasteiger partial charge in [0, 0.05) is 12.3 Å². The Kier molecular flexibility index (Phi) is 6.57. The van der Waals surface area contributed by atoms with Crippen molar-refractivity contribution in [3.8, 4) is 11.1 Å². The highest BCUT2D eigenvalue weighted by molar-refractivity contribution is 7.47. The van der Waals surface area contributed by atoms with E-state index < -0.39 is 6.10 Å². The van der Waals surface area contributed by atoms with E-state index in [4.69, 9.17) is 0 Å². The molecule has 0 spiro atoms. The summed E-state index contributed by atoms with van der Waals surface area (Å²) in [6, 6.07) is 27.1. The van der Waals surface area contributed by atoms with Crippen molar-refractivity contribution in [3.63, 3.8) is 0 Å². The fourth-order valence-electron chi connectivity index (χ4n) is 2.98. The predicted octanol–water partition coefficient (Wildman–Crippen LogP) is 4.64. The smallest absolute Gasteiger partial charge is 0.0940 e. The minimum atomic E-state index is -0.492. The lowest BCUT2D eigenvalue weighted by Crippen LogP contribution is -2.32. The molecule has 3 heteroatoms. The zero-order chi connectivity index (χ0) is 18.4. The first-order chi connectivity index (χ1) is 12.6. The van der Waals surface area contributed by atoms with Crippen LogP contribution in [0.5, 0.6) is 0 Å². The molecule has 3 aromatic carbocycles. The van der Waals surface area contributed by atoms with Crippen molar-refractivity contribution in [2.75, 3.05) is 6.29 Å². The second-order valence-electron chi connectivity index (χ2n) is 6.61. The van der Waals surface area contributed by atoms with Crippen molar-refractivity contribution in [1.29, 1.82) is 0 Å². The summed E-state index contributed by atoms with van der Waals surface area (Å²) in [7, 11) is 0.647. The standard InChI is InChI=1S/C23H26NOP/c1-17-12-14-19(15-13-17)21-10-6-7-11-22(21)26-16-24-18(2)23(25)20-8-4-3-5-9-20/h3-15,18,23-26H,16H2,1-2H3/t18-,23?/m0/s1. The molecule has 0 heterocycles. The Balaban J connectivity index is 1.62. The van der Waals surface area contributed by atoms with Gasteiger partial charge in [-0.3, -0.25) is 0 Å².